The summed E-state index contributed by atoms with van der Waals surface area (Å²) >= 11 is 0. The number of nitro groups is 1. The maximum absolute atomic E-state index is 14.1. The van der Waals surface area contributed by atoms with Crippen molar-refractivity contribution in [2.75, 3.05) is 23.7 Å². The predicted molar refractivity (Wildman–Crippen MR) is 164 cm³/mol. The molecular formula is C31H38N4O6S. The van der Waals surface area contributed by atoms with Crippen LogP contribution < -0.4 is 9.62 Å². The maximum atomic E-state index is 14.1. The van der Waals surface area contributed by atoms with Gasteiger partial charge in [-0.25, -0.2) is 8.42 Å². The number of sulfonamides is 1. The van der Waals surface area contributed by atoms with Crippen molar-refractivity contribution in [3.8, 4) is 0 Å². The third-order valence-electron chi connectivity index (χ3n) is 6.93. The van der Waals surface area contributed by atoms with E-state index in [4.69, 9.17) is 0 Å². The van der Waals surface area contributed by atoms with Crippen molar-refractivity contribution < 1.29 is 22.9 Å². The van der Waals surface area contributed by atoms with Gasteiger partial charge in [-0.2, -0.15) is 0 Å². The molecule has 224 valence electrons. The van der Waals surface area contributed by atoms with Crippen LogP contribution in [0.2, 0.25) is 0 Å². The molecular weight excluding hydrogens is 556 g/mol. The third-order valence-corrected chi connectivity index (χ3v) is 8.05. The molecule has 1 atom stereocenters. The molecule has 0 unspecified atom stereocenters. The Kier molecular flexibility index (Phi) is 11.2. The molecule has 3 aromatic rings. The van der Waals surface area contributed by atoms with Gasteiger partial charge in [-0.3, -0.25) is 24.0 Å². The van der Waals surface area contributed by atoms with Crippen molar-refractivity contribution in [1.82, 2.24) is 10.2 Å². The Morgan fingerprint density at radius 3 is 2.24 bits per heavy atom. The number of hydrogen-bond donors (Lipinski definition) is 1. The molecule has 0 heterocycles. The number of aryl methyl sites for hydroxylation is 2. The van der Waals surface area contributed by atoms with E-state index in [9.17, 15) is 28.1 Å². The summed E-state index contributed by atoms with van der Waals surface area (Å²) in [5, 5.41) is 14.4. The minimum Gasteiger partial charge on any atom is -0.354 e. The van der Waals surface area contributed by atoms with Gasteiger partial charge in [0.2, 0.25) is 21.8 Å². The Labute approximate surface area is 247 Å². The third kappa shape index (κ3) is 8.87. The summed E-state index contributed by atoms with van der Waals surface area (Å²) in [6, 6.07) is 19.8. The Morgan fingerprint density at radius 2 is 1.64 bits per heavy atom. The van der Waals surface area contributed by atoms with Gasteiger partial charge in [0.1, 0.15) is 12.6 Å². The first-order chi connectivity index (χ1) is 19.9. The van der Waals surface area contributed by atoms with Crippen molar-refractivity contribution in [2.45, 2.75) is 52.6 Å². The van der Waals surface area contributed by atoms with Gasteiger partial charge < -0.3 is 10.2 Å². The van der Waals surface area contributed by atoms with Crippen LogP contribution in [0.1, 0.15) is 42.0 Å². The molecule has 0 aliphatic rings. The van der Waals surface area contributed by atoms with Crippen LogP contribution in [0, 0.1) is 24.0 Å². The quantitative estimate of drug-likeness (QED) is 0.166. The summed E-state index contributed by atoms with van der Waals surface area (Å²) in [6.45, 7) is 5.43. The number of carbonyl (C=O) groups excluding carboxylic acids is 2. The highest BCUT2D eigenvalue weighted by molar-refractivity contribution is 7.92. The molecule has 0 aliphatic heterocycles. The van der Waals surface area contributed by atoms with Gasteiger partial charge in [0.25, 0.3) is 5.69 Å². The van der Waals surface area contributed by atoms with E-state index in [1.54, 1.807) is 6.92 Å². The molecule has 0 radical (unpaired) electrons. The Morgan fingerprint density at radius 1 is 0.976 bits per heavy atom. The zero-order chi connectivity index (χ0) is 30.9. The van der Waals surface area contributed by atoms with Crippen LogP contribution in [-0.2, 0) is 32.6 Å². The molecule has 0 aromatic heterocycles. The molecule has 3 rings (SSSR count). The average molecular weight is 595 g/mol. The molecule has 0 saturated carbocycles. The van der Waals surface area contributed by atoms with Crippen molar-refractivity contribution in [3.05, 3.63) is 105 Å². The normalized spacial score (nSPS) is 11.9. The Hall–Kier alpha value is -4.25. The molecule has 0 spiro atoms. The van der Waals surface area contributed by atoms with Crippen LogP contribution >= 0.6 is 0 Å². The lowest BCUT2D eigenvalue weighted by atomic mass is 10.0. The predicted octanol–water partition coefficient (Wildman–Crippen LogP) is 4.53. The molecule has 2 amide bonds. The van der Waals surface area contributed by atoms with Gasteiger partial charge >= 0.3 is 0 Å². The summed E-state index contributed by atoms with van der Waals surface area (Å²) in [5.41, 5.74) is 2.81. The molecule has 10 nitrogen and oxygen atoms in total. The standard InChI is InChI=1S/C31H38N4O6S/c1-5-6-18-32-31(37)29(19-25-10-8-7-9-11-25)33(21-26-15-12-23(2)13-16-26)30(36)22-34(42(4,40)41)28-20-27(35(38)39)17-14-24(28)3/h7-17,20,29H,5-6,18-19,21-22H2,1-4H3,(H,32,37)/t29-/m0/s1. The summed E-state index contributed by atoms with van der Waals surface area (Å²) < 4.78 is 26.9. The fourth-order valence-corrected chi connectivity index (χ4v) is 5.42. The lowest BCUT2D eigenvalue weighted by molar-refractivity contribution is -0.384. The topological polar surface area (TPSA) is 130 Å². The van der Waals surface area contributed by atoms with E-state index in [0.29, 0.717) is 12.1 Å². The summed E-state index contributed by atoms with van der Waals surface area (Å²) in [6.07, 6.45) is 2.80. The van der Waals surface area contributed by atoms with Gasteiger partial charge in [0, 0.05) is 31.6 Å². The van der Waals surface area contributed by atoms with Crippen molar-refractivity contribution in [3.63, 3.8) is 0 Å². The first-order valence-corrected chi connectivity index (χ1v) is 15.6. The van der Waals surface area contributed by atoms with E-state index < -0.39 is 33.4 Å². The molecule has 1 N–H and O–H groups in total. The number of nitrogens with one attached hydrogen (secondary N) is 1. The zero-order valence-electron chi connectivity index (χ0n) is 24.4. The van der Waals surface area contributed by atoms with Crippen molar-refractivity contribution in [2.24, 2.45) is 0 Å². The fraction of sp³-hybridized carbons (Fsp3) is 0.355. The van der Waals surface area contributed by atoms with Gasteiger partial charge in [0.05, 0.1) is 16.9 Å². The van der Waals surface area contributed by atoms with Crippen LogP contribution in [0.25, 0.3) is 0 Å². The number of benzene rings is 3. The van der Waals surface area contributed by atoms with Gasteiger partial charge in [-0.1, -0.05) is 79.6 Å². The number of amides is 2. The molecule has 0 aliphatic carbocycles. The zero-order valence-corrected chi connectivity index (χ0v) is 25.3. The van der Waals surface area contributed by atoms with E-state index in [0.717, 1.165) is 46.2 Å². The smallest absolute Gasteiger partial charge is 0.271 e. The molecule has 3 aromatic carbocycles. The first-order valence-electron chi connectivity index (χ1n) is 13.8. The van der Waals surface area contributed by atoms with Gasteiger partial charge in [-0.05, 0) is 37.0 Å². The Balaban J connectivity index is 2.08. The van der Waals surface area contributed by atoms with E-state index in [1.165, 1.54) is 17.0 Å². The second-order valence-electron chi connectivity index (χ2n) is 10.4. The van der Waals surface area contributed by atoms with Crippen LogP contribution in [-0.4, -0.2) is 55.4 Å². The Bertz CT molecular complexity index is 1490. The monoisotopic (exact) mass is 594 g/mol. The van der Waals surface area contributed by atoms with E-state index in [1.807, 2.05) is 68.4 Å². The van der Waals surface area contributed by atoms with Crippen molar-refractivity contribution in [1.29, 1.82) is 0 Å². The molecule has 42 heavy (non-hydrogen) atoms. The number of nitrogens with zero attached hydrogens (tertiary/aromatic N) is 3. The van der Waals surface area contributed by atoms with Crippen LogP contribution in [0.15, 0.2) is 72.8 Å². The first kappa shape index (κ1) is 32.3. The van der Waals surface area contributed by atoms with E-state index in [-0.39, 0.29) is 30.2 Å². The molecule has 0 fully saturated rings. The molecule has 11 heteroatoms. The minimum absolute atomic E-state index is 0.0299. The number of hydrogen-bond acceptors (Lipinski definition) is 6. The lowest BCUT2D eigenvalue weighted by Crippen LogP contribution is -2.53. The highest BCUT2D eigenvalue weighted by atomic mass is 32.2. The van der Waals surface area contributed by atoms with Gasteiger partial charge in [0.15, 0.2) is 0 Å². The van der Waals surface area contributed by atoms with Crippen LogP contribution in [0.3, 0.4) is 0 Å². The maximum Gasteiger partial charge on any atom is 0.271 e. The van der Waals surface area contributed by atoms with Crippen LogP contribution in [0.5, 0.6) is 0 Å². The van der Waals surface area contributed by atoms with E-state index >= 15 is 0 Å². The summed E-state index contributed by atoms with van der Waals surface area (Å²) in [7, 11) is -4.05. The second kappa shape index (κ2) is 14.6. The summed E-state index contributed by atoms with van der Waals surface area (Å²) in [5.74, 6) is -0.955. The number of rotatable bonds is 14. The number of non-ortho nitro benzene ring substituents is 1. The minimum atomic E-state index is -4.05. The SMILES string of the molecule is CCCCNC(=O)[C@H](Cc1ccccc1)N(Cc1ccc(C)cc1)C(=O)CN(c1cc([N+](=O)[O-])ccc1C)S(C)(=O)=O. The van der Waals surface area contributed by atoms with Crippen LogP contribution in [0.4, 0.5) is 11.4 Å². The number of nitro benzene ring substituents is 1. The average Bonchev–Trinajstić information content (AvgIpc) is 2.95. The highest BCUT2D eigenvalue weighted by Crippen LogP contribution is 2.28. The fourth-order valence-electron chi connectivity index (χ4n) is 4.53. The lowest BCUT2D eigenvalue weighted by Gasteiger charge is -2.33. The number of carbonyl (C=O) groups is 2. The summed E-state index contributed by atoms with van der Waals surface area (Å²) in [4.78, 5) is 40.0. The molecule has 0 saturated heterocycles. The largest absolute Gasteiger partial charge is 0.354 e. The van der Waals surface area contributed by atoms with E-state index in [2.05, 4.69) is 5.32 Å². The highest BCUT2D eigenvalue weighted by Gasteiger charge is 2.33. The molecule has 0 bridgehead atoms. The number of anilines is 1. The second-order valence-corrected chi connectivity index (χ2v) is 12.3. The number of unbranched alkanes of at least 4 members (excludes halogenated alkanes) is 1. The van der Waals surface area contributed by atoms with Crippen molar-refractivity contribution >= 4 is 33.2 Å². The van der Waals surface area contributed by atoms with Gasteiger partial charge in [-0.15, -0.1) is 0 Å².